The lowest BCUT2D eigenvalue weighted by atomic mass is 10.4. The number of nitrogens with one attached hydrogen (secondary N) is 1. The minimum Gasteiger partial charge on any atom is -0.480 e. The molecule has 0 saturated heterocycles. The van der Waals surface area contributed by atoms with E-state index in [1.807, 2.05) is 0 Å². The lowest BCUT2D eigenvalue weighted by Crippen LogP contribution is -2.42. The monoisotopic (exact) mass is 244 g/mol. The van der Waals surface area contributed by atoms with Crippen molar-refractivity contribution >= 4 is 17.8 Å². The lowest BCUT2D eigenvalue weighted by Gasteiger charge is -2.17. The summed E-state index contributed by atoms with van der Waals surface area (Å²) in [5.74, 6) is -2.10. The van der Waals surface area contributed by atoms with Crippen molar-refractivity contribution in [2.75, 3.05) is 26.2 Å². The van der Waals surface area contributed by atoms with E-state index in [4.69, 9.17) is 10.2 Å². The lowest BCUT2D eigenvalue weighted by molar-refractivity contribution is -0.142. The number of aliphatic carboxylic acids is 2. The molecule has 0 heterocycles. The van der Waals surface area contributed by atoms with E-state index in [1.165, 1.54) is 0 Å². The van der Waals surface area contributed by atoms with Crippen molar-refractivity contribution in [2.24, 2.45) is 5.92 Å². The average Bonchev–Trinajstić information content (AvgIpc) is 2.95. The molecular weight excluding hydrogens is 228 g/mol. The zero-order chi connectivity index (χ0) is 12.8. The zero-order valence-corrected chi connectivity index (χ0v) is 9.39. The summed E-state index contributed by atoms with van der Waals surface area (Å²) in [6, 6.07) is 0. The normalized spacial score (nSPS) is 14.6. The van der Waals surface area contributed by atoms with Crippen molar-refractivity contribution in [3.63, 3.8) is 0 Å². The number of amides is 1. The van der Waals surface area contributed by atoms with Crippen LogP contribution in [0.4, 0.5) is 0 Å². The Bertz CT molecular complexity index is 298. The summed E-state index contributed by atoms with van der Waals surface area (Å²) in [7, 11) is 0. The topological polar surface area (TPSA) is 107 Å². The summed E-state index contributed by atoms with van der Waals surface area (Å²) in [6.45, 7) is -0.523. The van der Waals surface area contributed by atoms with Gasteiger partial charge >= 0.3 is 11.9 Å². The van der Waals surface area contributed by atoms with Gasteiger partial charge in [0, 0.05) is 6.54 Å². The van der Waals surface area contributed by atoms with Gasteiger partial charge in [0.25, 0.3) is 0 Å². The zero-order valence-electron chi connectivity index (χ0n) is 9.39. The van der Waals surface area contributed by atoms with Gasteiger partial charge in [-0.25, -0.2) is 0 Å². The number of rotatable bonds is 8. The average molecular weight is 244 g/mol. The van der Waals surface area contributed by atoms with Gasteiger partial charge in [-0.2, -0.15) is 0 Å². The molecule has 0 radical (unpaired) electrons. The molecule has 1 amide bonds. The summed E-state index contributed by atoms with van der Waals surface area (Å²) in [6.07, 6.45) is 2.21. The molecule has 7 heteroatoms. The second-order valence-corrected chi connectivity index (χ2v) is 4.18. The molecule has 1 rings (SSSR count). The van der Waals surface area contributed by atoms with Gasteiger partial charge in [0.15, 0.2) is 0 Å². The molecule has 1 fully saturated rings. The van der Waals surface area contributed by atoms with E-state index in [1.54, 1.807) is 0 Å². The summed E-state index contributed by atoms with van der Waals surface area (Å²) in [5, 5.41) is 19.8. The minimum atomic E-state index is -1.15. The van der Waals surface area contributed by atoms with Crippen LogP contribution in [0, 0.1) is 5.92 Å². The Labute approximate surface area is 98.4 Å². The van der Waals surface area contributed by atoms with Crippen molar-refractivity contribution in [1.29, 1.82) is 0 Å². The van der Waals surface area contributed by atoms with Crippen LogP contribution in [0.15, 0.2) is 0 Å². The van der Waals surface area contributed by atoms with Gasteiger partial charge in [0.2, 0.25) is 5.91 Å². The van der Waals surface area contributed by atoms with E-state index < -0.39 is 25.0 Å². The van der Waals surface area contributed by atoms with Crippen LogP contribution in [0.25, 0.3) is 0 Å². The van der Waals surface area contributed by atoms with Crippen molar-refractivity contribution in [3.8, 4) is 0 Å². The molecule has 1 aliphatic carbocycles. The molecule has 7 nitrogen and oxygen atoms in total. The number of carbonyl (C=O) groups excluding carboxylic acids is 1. The molecule has 17 heavy (non-hydrogen) atoms. The first-order chi connectivity index (χ1) is 7.97. The highest BCUT2D eigenvalue weighted by Crippen LogP contribution is 2.27. The van der Waals surface area contributed by atoms with Crippen LogP contribution in [0.5, 0.6) is 0 Å². The molecule has 0 bridgehead atoms. The fourth-order valence-corrected chi connectivity index (χ4v) is 1.39. The Hall–Kier alpha value is -1.63. The first kappa shape index (κ1) is 13.4. The van der Waals surface area contributed by atoms with Gasteiger partial charge in [-0.05, 0) is 18.8 Å². The van der Waals surface area contributed by atoms with Gasteiger partial charge in [0.1, 0.15) is 0 Å². The fraction of sp³-hybridized carbons (Fsp3) is 0.700. The Morgan fingerprint density at radius 1 is 1.06 bits per heavy atom. The van der Waals surface area contributed by atoms with E-state index in [9.17, 15) is 14.4 Å². The van der Waals surface area contributed by atoms with Crippen LogP contribution >= 0.6 is 0 Å². The Balaban J connectivity index is 2.31. The van der Waals surface area contributed by atoms with Crippen LogP contribution in [-0.2, 0) is 14.4 Å². The van der Waals surface area contributed by atoms with Gasteiger partial charge in [-0.3, -0.25) is 19.3 Å². The summed E-state index contributed by atoms with van der Waals surface area (Å²) in [4.78, 5) is 33.5. The van der Waals surface area contributed by atoms with E-state index in [0.717, 1.165) is 17.7 Å². The molecule has 0 unspecified atom stereocenters. The molecule has 0 spiro atoms. The standard InChI is InChI=1S/C10H16N2O5/c13-8(11-3-7-1-2-7)4-12(5-9(14)15)6-10(16)17/h7H,1-6H2,(H,11,13)(H,14,15)(H,16,17). The maximum Gasteiger partial charge on any atom is 0.317 e. The number of carboxylic acids is 2. The number of carboxylic acid groups (broad SMARTS) is 2. The predicted molar refractivity (Wildman–Crippen MR) is 57.4 cm³/mol. The highest BCUT2D eigenvalue weighted by Gasteiger charge is 2.22. The third-order valence-corrected chi connectivity index (χ3v) is 2.37. The summed E-state index contributed by atoms with van der Waals surface area (Å²) < 4.78 is 0. The largest absolute Gasteiger partial charge is 0.480 e. The maximum absolute atomic E-state index is 11.4. The number of hydrogen-bond acceptors (Lipinski definition) is 4. The Morgan fingerprint density at radius 3 is 2.00 bits per heavy atom. The van der Waals surface area contributed by atoms with E-state index in [2.05, 4.69) is 5.32 Å². The van der Waals surface area contributed by atoms with Crippen molar-refractivity contribution in [1.82, 2.24) is 10.2 Å². The highest BCUT2D eigenvalue weighted by molar-refractivity contribution is 5.80. The van der Waals surface area contributed by atoms with Crippen LogP contribution in [0.2, 0.25) is 0 Å². The predicted octanol–water partition coefficient (Wildman–Crippen LogP) is -1.02. The van der Waals surface area contributed by atoms with Crippen LogP contribution in [-0.4, -0.2) is 59.1 Å². The quantitative estimate of drug-likeness (QED) is 0.504. The molecule has 3 N–H and O–H groups in total. The van der Waals surface area contributed by atoms with E-state index >= 15 is 0 Å². The number of nitrogens with zero attached hydrogens (tertiary/aromatic N) is 1. The second kappa shape index (κ2) is 6.19. The summed E-state index contributed by atoms with van der Waals surface area (Å²) in [5.41, 5.74) is 0. The van der Waals surface area contributed by atoms with Gasteiger partial charge in [-0.15, -0.1) is 0 Å². The van der Waals surface area contributed by atoms with Crippen molar-refractivity contribution in [2.45, 2.75) is 12.8 Å². The maximum atomic E-state index is 11.4. The highest BCUT2D eigenvalue weighted by atomic mass is 16.4. The molecular formula is C10H16N2O5. The second-order valence-electron chi connectivity index (χ2n) is 4.18. The molecule has 1 aliphatic rings. The van der Waals surface area contributed by atoms with Gasteiger partial charge < -0.3 is 15.5 Å². The summed E-state index contributed by atoms with van der Waals surface area (Å²) >= 11 is 0. The van der Waals surface area contributed by atoms with Crippen LogP contribution in [0.1, 0.15) is 12.8 Å². The first-order valence-electron chi connectivity index (χ1n) is 5.40. The minimum absolute atomic E-state index is 0.203. The molecule has 0 aromatic heterocycles. The Kier molecular flexibility index (Phi) is 4.89. The van der Waals surface area contributed by atoms with Gasteiger partial charge in [-0.1, -0.05) is 0 Å². The molecule has 0 atom stereocenters. The molecule has 0 aliphatic heterocycles. The molecule has 96 valence electrons. The van der Waals surface area contributed by atoms with Crippen LogP contribution < -0.4 is 5.32 Å². The fourth-order valence-electron chi connectivity index (χ4n) is 1.39. The number of carbonyl (C=O) groups is 3. The SMILES string of the molecule is O=C(O)CN(CC(=O)O)CC(=O)NCC1CC1. The van der Waals surface area contributed by atoms with Crippen molar-refractivity contribution in [3.05, 3.63) is 0 Å². The third kappa shape index (κ3) is 6.52. The van der Waals surface area contributed by atoms with Crippen molar-refractivity contribution < 1.29 is 24.6 Å². The molecule has 0 aromatic rings. The van der Waals surface area contributed by atoms with Gasteiger partial charge in [0.05, 0.1) is 19.6 Å². The smallest absolute Gasteiger partial charge is 0.317 e. The van der Waals surface area contributed by atoms with E-state index in [0.29, 0.717) is 12.5 Å². The van der Waals surface area contributed by atoms with E-state index in [-0.39, 0.29) is 12.5 Å². The third-order valence-electron chi connectivity index (χ3n) is 2.37. The Morgan fingerprint density at radius 2 is 1.59 bits per heavy atom. The number of hydrogen-bond donors (Lipinski definition) is 3. The molecule has 0 aromatic carbocycles. The first-order valence-corrected chi connectivity index (χ1v) is 5.40. The van der Waals surface area contributed by atoms with Crippen LogP contribution in [0.3, 0.4) is 0 Å². The molecule has 1 saturated carbocycles.